The summed E-state index contributed by atoms with van der Waals surface area (Å²) >= 11 is 0. The predicted octanol–water partition coefficient (Wildman–Crippen LogP) is -0.535. The van der Waals surface area contributed by atoms with Gasteiger partial charge in [0.15, 0.2) is 0 Å². The molecule has 0 radical (unpaired) electrons. The van der Waals surface area contributed by atoms with Gasteiger partial charge in [-0.25, -0.2) is 0 Å². The molecule has 2 atom stereocenters. The molecule has 0 aliphatic rings. The van der Waals surface area contributed by atoms with Gasteiger partial charge in [-0.15, -0.1) is 0 Å². The minimum Gasteiger partial charge on any atom is -0.389 e. The van der Waals surface area contributed by atoms with E-state index in [1.54, 1.807) is 12.1 Å². The van der Waals surface area contributed by atoms with Crippen LogP contribution in [-0.4, -0.2) is 63.3 Å². The number of rotatable bonds is 8. The Morgan fingerprint density at radius 1 is 1.36 bits per heavy atom. The standard InChI is InChI=1S/C9H22N2O3/c1-8(6-13-4)14-7-9(12)5-10-11(2)3/h8-10,12H,5-7H2,1-4H3. The van der Waals surface area contributed by atoms with Crippen LogP contribution in [-0.2, 0) is 9.47 Å². The maximum Gasteiger partial charge on any atom is 0.0911 e. The third kappa shape index (κ3) is 8.40. The molecule has 86 valence electrons. The van der Waals surface area contributed by atoms with Crippen LogP contribution in [0.3, 0.4) is 0 Å². The van der Waals surface area contributed by atoms with Crippen LogP contribution in [0.1, 0.15) is 6.92 Å². The molecule has 0 aromatic heterocycles. The van der Waals surface area contributed by atoms with E-state index in [0.717, 1.165) is 0 Å². The Morgan fingerprint density at radius 2 is 2.00 bits per heavy atom. The lowest BCUT2D eigenvalue weighted by Crippen LogP contribution is -2.39. The number of ether oxygens (including phenoxy) is 2. The lowest BCUT2D eigenvalue weighted by Gasteiger charge is -2.18. The predicted molar refractivity (Wildman–Crippen MR) is 55.0 cm³/mol. The van der Waals surface area contributed by atoms with Crippen molar-refractivity contribution in [2.24, 2.45) is 0 Å². The van der Waals surface area contributed by atoms with E-state index in [9.17, 15) is 5.11 Å². The van der Waals surface area contributed by atoms with Crippen LogP contribution in [0.25, 0.3) is 0 Å². The van der Waals surface area contributed by atoms with Gasteiger partial charge >= 0.3 is 0 Å². The number of hydrogen-bond acceptors (Lipinski definition) is 5. The van der Waals surface area contributed by atoms with Gasteiger partial charge in [0.25, 0.3) is 0 Å². The van der Waals surface area contributed by atoms with Crippen molar-refractivity contribution < 1.29 is 14.6 Å². The zero-order valence-corrected chi connectivity index (χ0v) is 9.49. The minimum atomic E-state index is -0.489. The van der Waals surface area contributed by atoms with E-state index in [1.807, 2.05) is 21.0 Å². The van der Waals surface area contributed by atoms with E-state index in [0.29, 0.717) is 19.8 Å². The first-order chi connectivity index (χ1) is 6.56. The first-order valence-electron chi connectivity index (χ1n) is 4.75. The molecule has 0 heterocycles. The van der Waals surface area contributed by atoms with Crippen molar-refractivity contribution in [3.63, 3.8) is 0 Å². The zero-order valence-electron chi connectivity index (χ0n) is 9.49. The summed E-state index contributed by atoms with van der Waals surface area (Å²) in [6, 6.07) is 0. The molecule has 0 aromatic rings. The van der Waals surface area contributed by atoms with Crippen LogP contribution in [0.2, 0.25) is 0 Å². The lowest BCUT2D eigenvalue weighted by atomic mass is 10.3. The molecule has 0 fully saturated rings. The molecule has 0 bridgehead atoms. The SMILES string of the molecule is COCC(C)OCC(O)CNN(C)C. The van der Waals surface area contributed by atoms with Crippen molar-refractivity contribution in [1.82, 2.24) is 10.4 Å². The molecule has 0 rings (SSSR count). The maximum absolute atomic E-state index is 9.46. The summed E-state index contributed by atoms with van der Waals surface area (Å²) in [7, 11) is 5.38. The average molecular weight is 206 g/mol. The zero-order chi connectivity index (χ0) is 11.0. The van der Waals surface area contributed by atoms with Gasteiger partial charge in [0.1, 0.15) is 0 Å². The van der Waals surface area contributed by atoms with E-state index >= 15 is 0 Å². The summed E-state index contributed by atoms with van der Waals surface area (Å²) in [6.45, 7) is 3.28. The van der Waals surface area contributed by atoms with Crippen LogP contribution < -0.4 is 5.43 Å². The fraction of sp³-hybridized carbons (Fsp3) is 1.00. The van der Waals surface area contributed by atoms with Crippen molar-refractivity contribution in [2.75, 3.05) is 41.0 Å². The van der Waals surface area contributed by atoms with Gasteiger partial charge < -0.3 is 14.6 Å². The second-order valence-corrected chi connectivity index (χ2v) is 3.51. The number of aliphatic hydroxyl groups excluding tert-OH is 1. The summed E-state index contributed by atoms with van der Waals surface area (Å²) in [4.78, 5) is 0. The maximum atomic E-state index is 9.46. The van der Waals surface area contributed by atoms with E-state index < -0.39 is 6.10 Å². The summed E-state index contributed by atoms with van der Waals surface area (Å²) in [5.41, 5.74) is 2.97. The highest BCUT2D eigenvalue weighted by atomic mass is 16.5. The Bertz CT molecular complexity index is 133. The summed E-state index contributed by atoms with van der Waals surface area (Å²) < 4.78 is 10.2. The van der Waals surface area contributed by atoms with Crippen LogP contribution in [0.5, 0.6) is 0 Å². The fourth-order valence-corrected chi connectivity index (χ4v) is 0.905. The molecule has 2 N–H and O–H groups in total. The number of nitrogens with zero attached hydrogens (tertiary/aromatic N) is 1. The number of hydrogen-bond donors (Lipinski definition) is 2. The van der Waals surface area contributed by atoms with E-state index in [4.69, 9.17) is 9.47 Å². The first kappa shape index (κ1) is 13.8. The molecule has 0 aromatic carbocycles. The first-order valence-corrected chi connectivity index (χ1v) is 4.75. The topological polar surface area (TPSA) is 54.0 Å². The summed E-state index contributed by atoms with van der Waals surface area (Å²) in [6.07, 6.45) is -0.467. The third-order valence-corrected chi connectivity index (χ3v) is 1.62. The highest BCUT2D eigenvalue weighted by Gasteiger charge is 2.07. The van der Waals surface area contributed by atoms with Crippen molar-refractivity contribution in [1.29, 1.82) is 0 Å². The molecule has 5 nitrogen and oxygen atoms in total. The van der Waals surface area contributed by atoms with Crippen molar-refractivity contribution in [2.45, 2.75) is 19.1 Å². The second-order valence-electron chi connectivity index (χ2n) is 3.51. The Balaban J connectivity index is 3.38. The largest absolute Gasteiger partial charge is 0.389 e. The molecule has 14 heavy (non-hydrogen) atoms. The number of methoxy groups -OCH3 is 1. The van der Waals surface area contributed by atoms with Gasteiger partial charge in [-0.2, -0.15) is 0 Å². The van der Waals surface area contributed by atoms with Gasteiger partial charge in [-0.3, -0.25) is 10.4 Å². The van der Waals surface area contributed by atoms with Crippen LogP contribution in [0.4, 0.5) is 0 Å². The lowest BCUT2D eigenvalue weighted by molar-refractivity contribution is -0.0341. The van der Waals surface area contributed by atoms with E-state index in [-0.39, 0.29) is 6.10 Å². The Labute approximate surface area is 86.0 Å². The molecule has 5 heteroatoms. The Morgan fingerprint density at radius 3 is 2.50 bits per heavy atom. The molecular formula is C9H22N2O3. The van der Waals surface area contributed by atoms with Gasteiger partial charge in [0.05, 0.1) is 25.4 Å². The second kappa shape index (κ2) is 8.14. The number of hydrazine groups is 1. The highest BCUT2D eigenvalue weighted by Crippen LogP contribution is 1.93. The minimum absolute atomic E-state index is 0.0222. The third-order valence-electron chi connectivity index (χ3n) is 1.62. The molecule has 2 unspecified atom stereocenters. The Hall–Kier alpha value is -0.200. The quantitative estimate of drug-likeness (QED) is 0.523. The van der Waals surface area contributed by atoms with E-state index in [2.05, 4.69) is 5.43 Å². The molecular weight excluding hydrogens is 184 g/mol. The molecule has 0 spiro atoms. The normalized spacial score (nSPS) is 15.9. The van der Waals surface area contributed by atoms with Crippen molar-refractivity contribution in [3.8, 4) is 0 Å². The van der Waals surface area contributed by atoms with Crippen LogP contribution in [0, 0.1) is 0 Å². The Kier molecular flexibility index (Phi) is 8.02. The molecule has 0 saturated heterocycles. The average Bonchev–Trinajstić information content (AvgIpc) is 2.12. The summed E-state index contributed by atoms with van der Waals surface area (Å²) in [5.74, 6) is 0. The molecule has 0 aliphatic carbocycles. The highest BCUT2D eigenvalue weighted by molar-refractivity contribution is 4.57. The molecule has 0 aliphatic heterocycles. The van der Waals surface area contributed by atoms with Crippen molar-refractivity contribution in [3.05, 3.63) is 0 Å². The van der Waals surface area contributed by atoms with Crippen LogP contribution >= 0.6 is 0 Å². The van der Waals surface area contributed by atoms with Gasteiger partial charge in [-0.1, -0.05) is 0 Å². The van der Waals surface area contributed by atoms with Gasteiger partial charge in [0, 0.05) is 27.7 Å². The monoisotopic (exact) mass is 206 g/mol. The smallest absolute Gasteiger partial charge is 0.0911 e. The van der Waals surface area contributed by atoms with Gasteiger partial charge in [0.2, 0.25) is 0 Å². The summed E-state index contributed by atoms with van der Waals surface area (Å²) in [5, 5.41) is 11.3. The molecule has 0 saturated carbocycles. The van der Waals surface area contributed by atoms with Crippen molar-refractivity contribution >= 4 is 0 Å². The fourth-order valence-electron chi connectivity index (χ4n) is 0.905. The van der Waals surface area contributed by atoms with E-state index in [1.165, 1.54) is 0 Å². The van der Waals surface area contributed by atoms with Crippen LogP contribution in [0.15, 0.2) is 0 Å². The molecule has 0 amide bonds. The number of aliphatic hydroxyl groups is 1. The van der Waals surface area contributed by atoms with Gasteiger partial charge in [-0.05, 0) is 6.92 Å². The number of nitrogens with one attached hydrogen (secondary N) is 1.